The Morgan fingerprint density at radius 2 is 2.24 bits per heavy atom. The van der Waals surface area contributed by atoms with E-state index in [4.69, 9.17) is 5.11 Å². The van der Waals surface area contributed by atoms with Gasteiger partial charge in [-0.3, -0.25) is 9.59 Å². The van der Waals surface area contributed by atoms with Gasteiger partial charge in [0.25, 0.3) is 0 Å². The number of hydrogen-bond acceptors (Lipinski definition) is 4. The molecule has 1 fully saturated rings. The van der Waals surface area contributed by atoms with E-state index in [0.717, 1.165) is 5.56 Å². The molecule has 0 radical (unpaired) electrons. The molecule has 6 nitrogen and oxygen atoms in total. The van der Waals surface area contributed by atoms with Gasteiger partial charge in [0.15, 0.2) is 0 Å². The third-order valence-corrected chi connectivity index (χ3v) is 4.35. The highest BCUT2D eigenvalue weighted by molar-refractivity contribution is 8.00. The van der Waals surface area contributed by atoms with Crippen molar-refractivity contribution < 1.29 is 19.5 Å². The summed E-state index contributed by atoms with van der Waals surface area (Å²) in [7, 11) is 0. The fourth-order valence-electron chi connectivity index (χ4n) is 1.98. The fraction of sp³-hybridized carbons (Fsp3) is 0.357. The third kappa shape index (κ3) is 4.22. The van der Waals surface area contributed by atoms with E-state index in [1.54, 1.807) is 6.07 Å². The maximum absolute atomic E-state index is 11.9. The van der Waals surface area contributed by atoms with Crippen LogP contribution < -0.4 is 10.6 Å². The first kappa shape index (κ1) is 15.4. The van der Waals surface area contributed by atoms with E-state index in [1.807, 2.05) is 25.1 Å². The number of aliphatic carboxylic acids is 1. The number of thioether (sulfide) groups is 1. The van der Waals surface area contributed by atoms with Crippen LogP contribution in [0.15, 0.2) is 24.3 Å². The molecule has 1 aromatic rings. The minimum Gasteiger partial charge on any atom is -0.480 e. The first-order chi connectivity index (χ1) is 9.95. The predicted octanol–water partition coefficient (Wildman–Crippen LogP) is 1.01. The quantitative estimate of drug-likeness (QED) is 0.771. The zero-order valence-corrected chi connectivity index (χ0v) is 12.3. The van der Waals surface area contributed by atoms with Crippen LogP contribution in [0.4, 0.5) is 5.69 Å². The summed E-state index contributed by atoms with van der Waals surface area (Å²) >= 11 is 1.20. The first-order valence-corrected chi connectivity index (χ1v) is 7.52. The number of carboxylic acid groups (broad SMARTS) is 1. The van der Waals surface area contributed by atoms with Gasteiger partial charge in [0, 0.05) is 17.9 Å². The standard InChI is InChI=1S/C14H16N2O4S/c1-8-3-2-4-9(5-8)15-12(17)6-11-13(18)16-10(7-21-11)14(19)20/h2-5,10-11H,6-7H2,1H3,(H,15,17)(H,16,18)(H,19,20)/t10-,11+/m1/s1. The molecule has 1 heterocycles. The number of aryl methyl sites for hydroxylation is 1. The van der Waals surface area contributed by atoms with E-state index < -0.39 is 23.2 Å². The number of benzene rings is 1. The van der Waals surface area contributed by atoms with Crippen molar-refractivity contribution in [1.29, 1.82) is 0 Å². The summed E-state index contributed by atoms with van der Waals surface area (Å²) in [6.45, 7) is 1.92. The van der Waals surface area contributed by atoms with Crippen molar-refractivity contribution in [2.24, 2.45) is 0 Å². The summed E-state index contributed by atoms with van der Waals surface area (Å²) < 4.78 is 0. The Hall–Kier alpha value is -2.02. The SMILES string of the molecule is Cc1cccc(NC(=O)C[C@@H]2SC[C@H](C(=O)O)NC2=O)c1. The van der Waals surface area contributed by atoms with Crippen molar-refractivity contribution in [3.05, 3.63) is 29.8 Å². The average molecular weight is 308 g/mol. The van der Waals surface area contributed by atoms with E-state index in [0.29, 0.717) is 5.69 Å². The molecule has 2 rings (SSSR count). The molecule has 1 aliphatic heterocycles. The van der Waals surface area contributed by atoms with Gasteiger partial charge in [-0.2, -0.15) is 0 Å². The van der Waals surface area contributed by atoms with Gasteiger partial charge in [-0.25, -0.2) is 4.79 Å². The van der Waals surface area contributed by atoms with Crippen LogP contribution in [0, 0.1) is 6.92 Å². The molecule has 0 unspecified atom stereocenters. The molecule has 3 N–H and O–H groups in total. The summed E-state index contributed by atoms with van der Waals surface area (Å²) in [4.78, 5) is 34.5. The highest BCUT2D eigenvalue weighted by atomic mass is 32.2. The van der Waals surface area contributed by atoms with E-state index >= 15 is 0 Å². The van der Waals surface area contributed by atoms with Crippen molar-refractivity contribution in [2.75, 3.05) is 11.1 Å². The Kier molecular flexibility index (Phi) is 4.85. The largest absolute Gasteiger partial charge is 0.480 e. The summed E-state index contributed by atoms with van der Waals surface area (Å²) in [5, 5.41) is 13.4. The van der Waals surface area contributed by atoms with E-state index in [1.165, 1.54) is 11.8 Å². The molecule has 0 saturated carbocycles. The first-order valence-electron chi connectivity index (χ1n) is 6.47. The monoisotopic (exact) mass is 308 g/mol. The van der Waals surface area contributed by atoms with Crippen LogP contribution in [-0.2, 0) is 14.4 Å². The second kappa shape index (κ2) is 6.62. The Balaban J connectivity index is 1.89. The Morgan fingerprint density at radius 3 is 2.86 bits per heavy atom. The molecule has 1 aliphatic rings. The van der Waals surface area contributed by atoms with Crippen molar-refractivity contribution in [1.82, 2.24) is 5.32 Å². The second-order valence-corrected chi connectivity index (χ2v) is 6.08. The Labute approximate surface area is 126 Å². The van der Waals surface area contributed by atoms with Crippen LogP contribution in [0.3, 0.4) is 0 Å². The molecule has 112 valence electrons. The molecular weight excluding hydrogens is 292 g/mol. The van der Waals surface area contributed by atoms with Crippen LogP contribution in [0.5, 0.6) is 0 Å². The summed E-state index contributed by atoms with van der Waals surface area (Å²) in [6, 6.07) is 6.50. The second-order valence-electron chi connectivity index (χ2n) is 4.84. The van der Waals surface area contributed by atoms with E-state index in [-0.39, 0.29) is 18.1 Å². The third-order valence-electron chi connectivity index (χ3n) is 3.04. The van der Waals surface area contributed by atoms with Crippen molar-refractivity contribution >= 4 is 35.2 Å². The topological polar surface area (TPSA) is 95.5 Å². The average Bonchev–Trinajstić information content (AvgIpc) is 2.40. The molecule has 1 saturated heterocycles. The molecule has 7 heteroatoms. The smallest absolute Gasteiger partial charge is 0.327 e. The zero-order chi connectivity index (χ0) is 15.4. The number of carbonyl (C=O) groups excluding carboxylic acids is 2. The lowest BCUT2D eigenvalue weighted by atomic mass is 10.2. The van der Waals surface area contributed by atoms with Gasteiger partial charge in [0.1, 0.15) is 6.04 Å². The summed E-state index contributed by atoms with van der Waals surface area (Å²) in [5.41, 5.74) is 1.71. The van der Waals surface area contributed by atoms with Crippen LogP contribution in [0.1, 0.15) is 12.0 Å². The van der Waals surface area contributed by atoms with Gasteiger partial charge in [0.05, 0.1) is 5.25 Å². The number of nitrogens with one attached hydrogen (secondary N) is 2. The number of carbonyl (C=O) groups is 3. The highest BCUT2D eigenvalue weighted by Gasteiger charge is 2.33. The minimum atomic E-state index is -1.06. The lowest BCUT2D eigenvalue weighted by Gasteiger charge is -2.25. The molecule has 21 heavy (non-hydrogen) atoms. The van der Waals surface area contributed by atoms with Gasteiger partial charge < -0.3 is 15.7 Å². The van der Waals surface area contributed by atoms with Gasteiger partial charge >= 0.3 is 5.97 Å². The Bertz CT molecular complexity index is 576. The highest BCUT2D eigenvalue weighted by Crippen LogP contribution is 2.22. The number of hydrogen-bond donors (Lipinski definition) is 3. The number of carboxylic acids is 1. The maximum Gasteiger partial charge on any atom is 0.327 e. The van der Waals surface area contributed by atoms with E-state index in [9.17, 15) is 14.4 Å². The maximum atomic E-state index is 11.9. The zero-order valence-electron chi connectivity index (χ0n) is 11.5. The molecule has 0 aromatic heterocycles. The number of amides is 2. The minimum absolute atomic E-state index is 0.0246. The number of rotatable bonds is 4. The van der Waals surface area contributed by atoms with Gasteiger partial charge in [0.2, 0.25) is 11.8 Å². The lowest BCUT2D eigenvalue weighted by Crippen LogP contribution is -2.51. The van der Waals surface area contributed by atoms with Gasteiger partial charge in [-0.05, 0) is 24.6 Å². The molecule has 0 aliphatic carbocycles. The number of anilines is 1. The van der Waals surface area contributed by atoms with Crippen LogP contribution in [-0.4, -0.2) is 39.9 Å². The van der Waals surface area contributed by atoms with Crippen LogP contribution in [0.2, 0.25) is 0 Å². The van der Waals surface area contributed by atoms with E-state index in [2.05, 4.69) is 10.6 Å². The molecule has 0 bridgehead atoms. The normalized spacial score (nSPS) is 21.5. The summed E-state index contributed by atoms with van der Waals surface area (Å²) in [5.74, 6) is -1.46. The van der Waals surface area contributed by atoms with Crippen molar-refractivity contribution in [3.8, 4) is 0 Å². The summed E-state index contributed by atoms with van der Waals surface area (Å²) in [6.07, 6.45) is 0.0246. The Morgan fingerprint density at radius 1 is 1.48 bits per heavy atom. The molecule has 2 amide bonds. The molecule has 1 aromatic carbocycles. The van der Waals surface area contributed by atoms with Gasteiger partial charge in [-0.15, -0.1) is 11.8 Å². The van der Waals surface area contributed by atoms with Gasteiger partial charge in [-0.1, -0.05) is 12.1 Å². The van der Waals surface area contributed by atoms with Crippen LogP contribution >= 0.6 is 11.8 Å². The fourth-order valence-corrected chi connectivity index (χ4v) is 3.12. The predicted molar refractivity (Wildman–Crippen MR) is 80.2 cm³/mol. The lowest BCUT2D eigenvalue weighted by molar-refractivity contribution is -0.141. The van der Waals surface area contributed by atoms with Crippen molar-refractivity contribution in [2.45, 2.75) is 24.6 Å². The van der Waals surface area contributed by atoms with Crippen LogP contribution in [0.25, 0.3) is 0 Å². The molecule has 0 spiro atoms. The molecule has 2 atom stereocenters. The molecular formula is C14H16N2O4S. The van der Waals surface area contributed by atoms with Crippen molar-refractivity contribution in [3.63, 3.8) is 0 Å².